The van der Waals surface area contributed by atoms with Crippen molar-refractivity contribution in [1.29, 1.82) is 0 Å². The minimum absolute atomic E-state index is 0.141. The number of halogens is 1. The Morgan fingerprint density at radius 2 is 2.22 bits per heavy atom. The van der Waals surface area contributed by atoms with E-state index in [1.54, 1.807) is 6.92 Å². The predicted octanol–water partition coefficient (Wildman–Crippen LogP) is 1.75. The smallest absolute Gasteiger partial charge is 0.138 e. The second-order valence-corrected chi connectivity index (χ2v) is 2.17. The lowest BCUT2D eigenvalue weighted by molar-refractivity contribution is 0.468. The molecule has 48 valence electrons. The van der Waals surface area contributed by atoms with Gasteiger partial charge in [0.1, 0.15) is 5.75 Å². The van der Waals surface area contributed by atoms with E-state index in [2.05, 4.69) is 4.98 Å². The number of aromatic nitrogens is 1. The average molecular weight is 144 g/mol. The van der Waals surface area contributed by atoms with Gasteiger partial charge in [-0.25, -0.2) is 0 Å². The summed E-state index contributed by atoms with van der Waals surface area (Å²) in [7, 11) is 0. The summed E-state index contributed by atoms with van der Waals surface area (Å²) in [6.45, 7) is 1.74. The third-order valence-corrected chi connectivity index (χ3v) is 1.51. The van der Waals surface area contributed by atoms with Crippen LogP contribution in [0.3, 0.4) is 0 Å². The van der Waals surface area contributed by atoms with Crippen molar-refractivity contribution in [2.24, 2.45) is 0 Å². The lowest BCUT2D eigenvalue weighted by Crippen LogP contribution is -1.77. The van der Waals surface area contributed by atoms with Crippen molar-refractivity contribution in [3.05, 3.63) is 23.0 Å². The number of nitrogens with zero attached hydrogens (tertiary/aromatic N) is 1. The first-order valence-electron chi connectivity index (χ1n) is 2.51. The molecule has 0 saturated heterocycles. The van der Waals surface area contributed by atoms with Gasteiger partial charge >= 0.3 is 0 Å². The zero-order valence-corrected chi connectivity index (χ0v) is 5.68. The average Bonchev–Trinajstić information content (AvgIpc) is 1.83. The fourth-order valence-electron chi connectivity index (χ4n) is 0.489. The molecule has 1 aromatic heterocycles. The van der Waals surface area contributed by atoms with E-state index in [-0.39, 0.29) is 5.75 Å². The summed E-state index contributed by atoms with van der Waals surface area (Å²) in [5.74, 6) is 0.141. The second-order valence-electron chi connectivity index (χ2n) is 1.77. The monoisotopic (exact) mass is 143 g/mol. The van der Waals surface area contributed by atoms with Crippen molar-refractivity contribution >= 4 is 11.6 Å². The minimum Gasteiger partial charge on any atom is -0.506 e. The molecule has 0 bridgehead atoms. The van der Waals surface area contributed by atoms with E-state index in [1.807, 2.05) is 0 Å². The Hall–Kier alpha value is -0.760. The van der Waals surface area contributed by atoms with Crippen LogP contribution in [0.1, 0.15) is 5.56 Å². The van der Waals surface area contributed by atoms with Crippen LogP contribution in [0.25, 0.3) is 0 Å². The quantitative estimate of drug-likeness (QED) is 0.600. The summed E-state index contributed by atoms with van der Waals surface area (Å²) in [6, 6.07) is 0. The van der Waals surface area contributed by atoms with Crippen molar-refractivity contribution in [2.75, 3.05) is 0 Å². The number of hydrogen-bond acceptors (Lipinski definition) is 2. The molecule has 0 atom stereocenters. The number of pyridine rings is 1. The summed E-state index contributed by atoms with van der Waals surface area (Å²) in [5.41, 5.74) is 0.673. The van der Waals surface area contributed by atoms with Crippen LogP contribution in [0, 0.1) is 6.92 Å². The van der Waals surface area contributed by atoms with Gasteiger partial charge < -0.3 is 5.11 Å². The van der Waals surface area contributed by atoms with E-state index in [4.69, 9.17) is 16.7 Å². The molecule has 0 radical (unpaired) electrons. The van der Waals surface area contributed by atoms with E-state index in [0.717, 1.165) is 0 Å². The highest BCUT2D eigenvalue weighted by molar-refractivity contribution is 6.31. The largest absolute Gasteiger partial charge is 0.506 e. The summed E-state index contributed by atoms with van der Waals surface area (Å²) in [6.07, 6.45) is 2.86. The van der Waals surface area contributed by atoms with Crippen LogP contribution >= 0.6 is 11.6 Å². The topological polar surface area (TPSA) is 33.1 Å². The molecule has 1 N–H and O–H groups in total. The molecule has 9 heavy (non-hydrogen) atoms. The fraction of sp³-hybridized carbons (Fsp3) is 0.167. The Balaban J connectivity index is 3.25. The minimum atomic E-state index is 0.141. The van der Waals surface area contributed by atoms with Crippen LogP contribution in [0.15, 0.2) is 12.4 Å². The molecular formula is C6H6ClNO. The summed E-state index contributed by atoms with van der Waals surface area (Å²) in [5, 5.41) is 9.45. The molecule has 0 aliphatic rings. The third-order valence-electron chi connectivity index (χ3n) is 1.13. The molecule has 0 amide bonds. The van der Waals surface area contributed by atoms with E-state index in [9.17, 15) is 0 Å². The van der Waals surface area contributed by atoms with Gasteiger partial charge in [-0.05, 0) is 6.92 Å². The van der Waals surface area contributed by atoms with E-state index in [0.29, 0.717) is 10.6 Å². The molecule has 0 fully saturated rings. The van der Waals surface area contributed by atoms with Crippen molar-refractivity contribution < 1.29 is 5.11 Å². The number of hydrogen-bond donors (Lipinski definition) is 1. The summed E-state index contributed by atoms with van der Waals surface area (Å²) in [4.78, 5) is 3.66. The maximum Gasteiger partial charge on any atom is 0.138 e. The highest BCUT2D eigenvalue weighted by atomic mass is 35.5. The molecule has 0 aromatic carbocycles. The normalized spacial score (nSPS) is 9.56. The van der Waals surface area contributed by atoms with Crippen LogP contribution in [0.4, 0.5) is 0 Å². The Morgan fingerprint density at radius 1 is 1.56 bits per heavy atom. The zero-order valence-electron chi connectivity index (χ0n) is 4.93. The molecule has 1 aromatic rings. The van der Waals surface area contributed by atoms with Crippen molar-refractivity contribution in [3.63, 3.8) is 0 Å². The molecule has 3 heteroatoms. The predicted molar refractivity (Wildman–Crippen MR) is 35.6 cm³/mol. The number of rotatable bonds is 0. The van der Waals surface area contributed by atoms with Gasteiger partial charge in [-0.1, -0.05) is 11.6 Å². The highest BCUT2D eigenvalue weighted by Crippen LogP contribution is 2.21. The van der Waals surface area contributed by atoms with Crippen LogP contribution < -0.4 is 0 Å². The fourth-order valence-corrected chi connectivity index (χ4v) is 0.642. The van der Waals surface area contributed by atoms with Crippen LogP contribution in [-0.2, 0) is 0 Å². The van der Waals surface area contributed by atoms with E-state index < -0.39 is 0 Å². The molecule has 0 spiro atoms. The summed E-state index contributed by atoms with van der Waals surface area (Å²) < 4.78 is 0. The Morgan fingerprint density at radius 3 is 2.67 bits per heavy atom. The van der Waals surface area contributed by atoms with Crippen LogP contribution in [0.2, 0.25) is 5.02 Å². The first-order chi connectivity index (χ1) is 4.22. The molecule has 2 nitrogen and oxygen atoms in total. The summed E-state index contributed by atoms with van der Waals surface area (Å²) >= 11 is 5.59. The van der Waals surface area contributed by atoms with Gasteiger partial charge in [0.05, 0.1) is 11.2 Å². The molecule has 0 aliphatic heterocycles. The Kier molecular flexibility index (Phi) is 1.58. The Bertz CT molecular complexity index is 204. The van der Waals surface area contributed by atoms with Gasteiger partial charge in [-0.3, -0.25) is 4.98 Å². The third kappa shape index (κ3) is 1.13. The standard InChI is InChI=1S/C6H6ClNO/c1-4-5(7)2-8-3-6(4)9/h2-3,9H,1H3. The molecular weight excluding hydrogens is 138 g/mol. The van der Waals surface area contributed by atoms with E-state index in [1.165, 1.54) is 12.4 Å². The van der Waals surface area contributed by atoms with Crippen LogP contribution in [-0.4, -0.2) is 10.1 Å². The van der Waals surface area contributed by atoms with Crippen molar-refractivity contribution in [1.82, 2.24) is 4.98 Å². The van der Waals surface area contributed by atoms with Crippen molar-refractivity contribution in [3.8, 4) is 5.75 Å². The van der Waals surface area contributed by atoms with Crippen molar-refractivity contribution in [2.45, 2.75) is 6.92 Å². The Labute approximate surface area is 58.1 Å². The maximum absolute atomic E-state index is 8.95. The zero-order chi connectivity index (χ0) is 6.85. The second kappa shape index (κ2) is 2.23. The van der Waals surface area contributed by atoms with Gasteiger partial charge in [-0.15, -0.1) is 0 Å². The van der Waals surface area contributed by atoms with Gasteiger partial charge in [0.15, 0.2) is 0 Å². The molecule has 0 aliphatic carbocycles. The van der Waals surface area contributed by atoms with Gasteiger partial charge in [-0.2, -0.15) is 0 Å². The molecule has 1 heterocycles. The van der Waals surface area contributed by atoms with Crippen LogP contribution in [0.5, 0.6) is 5.75 Å². The van der Waals surface area contributed by atoms with Gasteiger partial charge in [0.2, 0.25) is 0 Å². The molecule has 0 saturated carbocycles. The lowest BCUT2D eigenvalue weighted by atomic mass is 10.3. The highest BCUT2D eigenvalue weighted by Gasteiger charge is 1.97. The molecule has 0 unspecified atom stereocenters. The number of aromatic hydroxyl groups is 1. The van der Waals surface area contributed by atoms with Gasteiger partial charge in [0, 0.05) is 11.8 Å². The first-order valence-corrected chi connectivity index (χ1v) is 2.88. The van der Waals surface area contributed by atoms with E-state index >= 15 is 0 Å². The van der Waals surface area contributed by atoms with Gasteiger partial charge in [0.25, 0.3) is 0 Å². The SMILES string of the molecule is Cc1c(O)cncc1Cl. The molecule has 1 rings (SSSR count). The maximum atomic E-state index is 8.95. The first kappa shape index (κ1) is 6.36. The lowest BCUT2D eigenvalue weighted by Gasteiger charge is -1.96.